The van der Waals surface area contributed by atoms with Gasteiger partial charge in [-0.15, -0.1) is 0 Å². The summed E-state index contributed by atoms with van der Waals surface area (Å²) in [5, 5.41) is 0. The van der Waals surface area contributed by atoms with Crippen LogP contribution in [0.1, 0.15) is 39.2 Å². The lowest BCUT2D eigenvalue weighted by molar-refractivity contribution is -0.146. The molecule has 1 aromatic rings. The molecule has 0 aromatic heterocycles. The highest BCUT2D eigenvalue weighted by Crippen LogP contribution is 2.21. The number of hydrogen-bond acceptors (Lipinski definition) is 3. The zero-order valence-corrected chi connectivity index (χ0v) is 12.1. The average molecular weight is 264 g/mol. The largest absolute Gasteiger partial charge is 0.482 e. The van der Waals surface area contributed by atoms with Crippen LogP contribution in [0, 0.1) is 5.92 Å². The molecule has 3 nitrogen and oxygen atoms in total. The van der Waals surface area contributed by atoms with Crippen molar-refractivity contribution < 1.29 is 14.3 Å². The van der Waals surface area contributed by atoms with E-state index in [1.165, 1.54) is 0 Å². The third kappa shape index (κ3) is 6.27. The molecule has 0 radical (unpaired) electrons. The van der Waals surface area contributed by atoms with Crippen LogP contribution in [0.4, 0.5) is 0 Å². The van der Waals surface area contributed by atoms with E-state index in [2.05, 4.69) is 20.8 Å². The molecule has 19 heavy (non-hydrogen) atoms. The molecule has 1 rings (SSSR count). The fourth-order valence-electron chi connectivity index (χ4n) is 1.76. The second kappa shape index (κ2) is 8.57. The molecular weight excluding hydrogens is 240 g/mol. The third-order valence-corrected chi connectivity index (χ3v) is 2.71. The molecule has 0 aliphatic carbocycles. The van der Waals surface area contributed by atoms with Crippen molar-refractivity contribution >= 4 is 5.97 Å². The lowest BCUT2D eigenvalue weighted by Crippen LogP contribution is -2.16. The van der Waals surface area contributed by atoms with Crippen LogP contribution in [0.15, 0.2) is 24.3 Å². The summed E-state index contributed by atoms with van der Waals surface area (Å²) in [7, 11) is 0. The first-order valence-electron chi connectivity index (χ1n) is 6.99. The molecule has 0 spiro atoms. The summed E-state index contributed by atoms with van der Waals surface area (Å²) in [6.45, 7) is 6.85. The van der Waals surface area contributed by atoms with Gasteiger partial charge in [-0.2, -0.15) is 0 Å². The van der Waals surface area contributed by atoms with Crippen LogP contribution in [0.2, 0.25) is 0 Å². The summed E-state index contributed by atoms with van der Waals surface area (Å²) in [5.41, 5.74) is 1.14. The fraction of sp³-hybridized carbons (Fsp3) is 0.562. The van der Waals surface area contributed by atoms with Gasteiger partial charge in [-0.25, -0.2) is 4.79 Å². The van der Waals surface area contributed by atoms with E-state index in [0.29, 0.717) is 12.5 Å². The second-order valence-electron chi connectivity index (χ2n) is 5.07. The summed E-state index contributed by atoms with van der Waals surface area (Å²) in [5.74, 6) is 1.04. The number of carbonyl (C=O) groups is 1. The van der Waals surface area contributed by atoms with Gasteiger partial charge in [-0.3, -0.25) is 0 Å². The summed E-state index contributed by atoms with van der Waals surface area (Å²) in [4.78, 5) is 11.5. The van der Waals surface area contributed by atoms with Crippen molar-refractivity contribution in [2.45, 2.75) is 40.0 Å². The van der Waals surface area contributed by atoms with E-state index in [9.17, 15) is 4.79 Å². The first-order chi connectivity index (χ1) is 9.13. The molecule has 0 atom stereocenters. The average Bonchev–Trinajstić information content (AvgIpc) is 2.37. The molecular formula is C16H24O3. The van der Waals surface area contributed by atoms with Crippen LogP contribution in [0.3, 0.4) is 0 Å². The SMILES string of the molecule is CCCCOC(=O)COc1ccccc1CC(C)C. The number of rotatable bonds is 8. The third-order valence-electron chi connectivity index (χ3n) is 2.71. The van der Waals surface area contributed by atoms with Gasteiger partial charge in [0.15, 0.2) is 6.61 Å². The Morgan fingerprint density at radius 2 is 2.00 bits per heavy atom. The number of benzene rings is 1. The maximum absolute atomic E-state index is 11.5. The lowest BCUT2D eigenvalue weighted by Gasteiger charge is -2.12. The summed E-state index contributed by atoms with van der Waals surface area (Å²) >= 11 is 0. The minimum absolute atomic E-state index is 0.0151. The highest BCUT2D eigenvalue weighted by Gasteiger charge is 2.08. The van der Waals surface area contributed by atoms with E-state index >= 15 is 0 Å². The van der Waals surface area contributed by atoms with Gasteiger partial charge in [0.1, 0.15) is 5.75 Å². The van der Waals surface area contributed by atoms with Gasteiger partial charge in [0.2, 0.25) is 0 Å². The highest BCUT2D eigenvalue weighted by molar-refractivity contribution is 5.71. The van der Waals surface area contributed by atoms with Crippen LogP contribution in [0.5, 0.6) is 5.75 Å². The van der Waals surface area contributed by atoms with E-state index in [0.717, 1.165) is 30.6 Å². The number of para-hydroxylation sites is 1. The Labute approximate surface area is 115 Å². The van der Waals surface area contributed by atoms with Crippen LogP contribution in [0.25, 0.3) is 0 Å². The number of esters is 1. The molecule has 0 saturated carbocycles. The van der Waals surface area contributed by atoms with Crippen molar-refractivity contribution in [3.05, 3.63) is 29.8 Å². The van der Waals surface area contributed by atoms with Gasteiger partial charge in [-0.05, 0) is 30.4 Å². The Hall–Kier alpha value is -1.51. The Morgan fingerprint density at radius 1 is 1.26 bits per heavy atom. The predicted molar refractivity (Wildman–Crippen MR) is 76.3 cm³/mol. The molecule has 0 aliphatic rings. The molecule has 106 valence electrons. The predicted octanol–water partition coefficient (Wildman–Crippen LogP) is 3.61. The molecule has 0 unspecified atom stereocenters. The van der Waals surface area contributed by atoms with Gasteiger partial charge >= 0.3 is 5.97 Å². The maximum Gasteiger partial charge on any atom is 0.344 e. The lowest BCUT2D eigenvalue weighted by atomic mass is 10.0. The summed E-state index contributed by atoms with van der Waals surface area (Å²) < 4.78 is 10.6. The second-order valence-corrected chi connectivity index (χ2v) is 5.07. The van der Waals surface area contributed by atoms with E-state index in [1.54, 1.807) is 0 Å². The van der Waals surface area contributed by atoms with E-state index in [1.807, 2.05) is 24.3 Å². The monoisotopic (exact) mass is 264 g/mol. The normalized spacial score (nSPS) is 10.5. The zero-order valence-electron chi connectivity index (χ0n) is 12.1. The Bertz CT molecular complexity index is 385. The number of unbranched alkanes of at least 4 members (excludes halogenated alkanes) is 1. The summed E-state index contributed by atoms with van der Waals surface area (Å²) in [6, 6.07) is 7.85. The van der Waals surface area contributed by atoms with Crippen LogP contribution in [-0.4, -0.2) is 19.2 Å². The highest BCUT2D eigenvalue weighted by atomic mass is 16.6. The van der Waals surface area contributed by atoms with E-state index in [-0.39, 0.29) is 12.6 Å². The van der Waals surface area contributed by atoms with Crippen molar-refractivity contribution in [3.63, 3.8) is 0 Å². The molecule has 3 heteroatoms. The van der Waals surface area contributed by atoms with Gasteiger partial charge < -0.3 is 9.47 Å². The molecule has 0 amide bonds. The Kier molecular flexibility index (Phi) is 7.01. The first-order valence-corrected chi connectivity index (χ1v) is 6.99. The van der Waals surface area contributed by atoms with Crippen LogP contribution < -0.4 is 4.74 Å². The van der Waals surface area contributed by atoms with E-state index in [4.69, 9.17) is 9.47 Å². The zero-order chi connectivity index (χ0) is 14.1. The van der Waals surface area contributed by atoms with E-state index < -0.39 is 0 Å². The van der Waals surface area contributed by atoms with Crippen LogP contribution in [-0.2, 0) is 16.0 Å². The van der Waals surface area contributed by atoms with Gasteiger partial charge in [0, 0.05) is 0 Å². The van der Waals surface area contributed by atoms with Crippen molar-refractivity contribution in [2.24, 2.45) is 5.92 Å². The summed E-state index contributed by atoms with van der Waals surface area (Å²) in [6.07, 6.45) is 2.86. The minimum atomic E-state index is -0.298. The molecule has 1 aromatic carbocycles. The van der Waals surface area contributed by atoms with Crippen molar-refractivity contribution in [1.82, 2.24) is 0 Å². The smallest absolute Gasteiger partial charge is 0.344 e. The van der Waals surface area contributed by atoms with Crippen molar-refractivity contribution in [3.8, 4) is 5.75 Å². The van der Waals surface area contributed by atoms with Gasteiger partial charge in [0.05, 0.1) is 6.61 Å². The van der Waals surface area contributed by atoms with Gasteiger partial charge in [-0.1, -0.05) is 45.4 Å². The number of ether oxygens (including phenoxy) is 2. The van der Waals surface area contributed by atoms with Gasteiger partial charge in [0.25, 0.3) is 0 Å². The molecule has 0 aliphatic heterocycles. The Balaban J connectivity index is 2.46. The maximum atomic E-state index is 11.5. The fourth-order valence-corrected chi connectivity index (χ4v) is 1.76. The standard InChI is InChI=1S/C16H24O3/c1-4-5-10-18-16(17)12-19-15-9-7-6-8-14(15)11-13(2)3/h6-9,13H,4-5,10-12H2,1-3H3. The quantitative estimate of drug-likeness (QED) is 0.531. The molecule has 0 bridgehead atoms. The molecule has 0 fully saturated rings. The molecule has 0 saturated heterocycles. The van der Waals surface area contributed by atoms with Crippen molar-refractivity contribution in [1.29, 1.82) is 0 Å². The number of carbonyl (C=O) groups excluding carboxylic acids is 1. The number of hydrogen-bond donors (Lipinski definition) is 0. The van der Waals surface area contributed by atoms with Crippen molar-refractivity contribution in [2.75, 3.05) is 13.2 Å². The molecule has 0 heterocycles. The first kappa shape index (κ1) is 15.5. The minimum Gasteiger partial charge on any atom is -0.482 e. The Morgan fingerprint density at radius 3 is 2.68 bits per heavy atom. The topological polar surface area (TPSA) is 35.5 Å². The molecule has 0 N–H and O–H groups in total. The van der Waals surface area contributed by atoms with Crippen LogP contribution >= 0.6 is 0 Å².